The van der Waals surface area contributed by atoms with Crippen molar-refractivity contribution in [2.75, 3.05) is 11.9 Å². The van der Waals surface area contributed by atoms with Crippen LogP contribution in [0.2, 0.25) is 0 Å². The second-order valence-corrected chi connectivity index (χ2v) is 6.06. The van der Waals surface area contributed by atoms with Gasteiger partial charge in [0.25, 0.3) is 0 Å². The molecule has 0 unspecified atom stereocenters. The first-order chi connectivity index (χ1) is 9.69. The fourth-order valence-electron chi connectivity index (χ4n) is 2.29. The summed E-state index contributed by atoms with van der Waals surface area (Å²) in [5.74, 6) is 2.31. The molecule has 0 saturated heterocycles. The molecule has 1 saturated carbocycles. The van der Waals surface area contributed by atoms with Crippen molar-refractivity contribution in [1.29, 1.82) is 0 Å². The molecule has 0 amide bonds. The van der Waals surface area contributed by atoms with Crippen molar-refractivity contribution in [3.63, 3.8) is 0 Å². The fraction of sp³-hybridized carbons (Fsp3) is 0.375. The summed E-state index contributed by atoms with van der Waals surface area (Å²) in [6.07, 6.45) is 2.46. The minimum absolute atomic E-state index is 0.591. The van der Waals surface area contributed by atoms with Crippen LogP contribution in [-0.4, -0.2) is 16.5 Å². The lowest BCUT2D eigenvalue weighted by Gasteiger charge is -2.12. The third kappa shape index (κ3) is 2.70. The summed E-state index contributed by atoms with van der Waals surface area (Å²) in [5, 5.41) is 3.33. The zero-order valence-corrected chi connectivity index (χ0v) is 13.4. The van der Waals surface area contributed by atoms with E-state index in [0.717, 1.165) is 33.9 Å². The number of aryl methyl sites for hydroxylation is 1. The molecule has 3 rings (SSSR count). The Kier molecular flexibility index (Phi) is 3.74. The SMILES string of the molecule is CCNc1nc(-c2cccc(C)c2)nc(C2CC2)c1Br. The fourth-order valence-corrected chi connectivity index (χ4v) is 2.93. The van der Waals surface area contributed by atoms with E-state index in [1.54, 1.807) is 0 Å². The topological polar surface area (TPSA) is 37.8 Å². The minimum Gasteiger partial charge on any atom is -0.369 e. The Hall–Kier alpha value is -1.42. The molecule has 0 atom stereocenters. The molecule has 4 heteroatoms. The number of nitrogens with one attached hydrogen (secondary N) is 1. The van der Waals surface area contributed by atoms with Crippen LogP contribution in [0, 0.1) is 6.92 Å². The van der Waals surface area contributed by atoms with Crippen LogP contribution in [0.5, 0.6) is 0 Å². The molecule has 0 radical (unpaired) electrons. The van der Waals surface area contributed by atoms with Gasteiger partial charge < -0.3 is 5.32 Å². The quantitative estimate of drug-likeness (QED) is 0.894. The first kappa shape index (κ1) is 13.6. The van der Waals surface area contributed by atoms with Gasteiger partial charge in [-0.15, -0.1) is 0 Å². The first-order valence-electron chi connectivity index (χ1n) is 7.07. The highest BCUT2D eigenvalue weighted by molar-refractivity contribution is 9.10. The van der Waals surface area contributed by atoms with Gasteiger partial charge in [-0.2, -0.15) is 0 Å². The number of hydrogen-bond donors (Lipinski definition) is 1. The zero-order valence-electron chi connectivity index (χ0n) is 11.8. The summed E-state index contributed by atoms with van der Waals surface area (Å²) in [4.78, 5) is 9.47. The Morgan fingerprint density at radius 2 is 2.10 bits per heavy atom. The van der Waals surface area contributed by atoms with Crippen LogP contribution in [0.15, 0.2) is 28.7 Å². The van der Waals surface area contributed by atoms with Crippen LogP contribution in [0.25, 0.3) is 11.4 Å². The molecule has 2 aromatic rings. The van der Waals surface area contributed by atoms with Crippen molar-refractivity contribution in [2.45, 2.75) is 32.6 Å². The van der Waals surface area contributed by atoms with E-state index in [-0.39, 0.29) is 0 Å². The largest absolute Gasteiger partial charge is 0.369 e. The van der Waals surface area contributed by atoms with Gasteiger partial charge in [0, 0.05) is 18.0 Å². The molecule has 104 valence electrons. The minimum atomic E-state index is 0.591. The van der Waals surface area contributed by atoms with Gasteiger partial charge in [-0.25, -0.2) is 9.97 Å². The molecule has 1 aliphatic carbocycles. The van der Waals surface area contributed by atoms with Crippen LogP contribution in [-0.2, 0) is 0 Å². The predicted octanol–water partition coefficient (Wildman–Crippen LogP) is 4.52. The van der Waals surface area contributed by atoms with Gasteiger partial charge in [0.05, 0.1) is 10.2 Å². The number of rotatable bonds is 4. The summed E-state index contributed by atoms with van der Waals surface area (Å²) in [5.41, 5.74) is 3.46. The average molecular weight is 332 g/mol. The summed E-state index contributed by atoms with van der Waals surface area (Å²) in [6, 6.07) is 8.35. The lowest BCUT2D eigenvalue weighted by atomic mass is 10.1. The van der Waals surface area contributed by atoms with Gasteiger partial charge in [-0.05, 0) is 48.7 Å². The van der Waals surface area contributed by atoms with Crippen molar-refractivity contribution in [3.8, 4) is 11.4 Å². The van der Waals surface area contributed by atoms with Crippen LogP contribution in [0.3, 0.4) is 0 Å². The van der Waals surface area contributed by atoms with Crippen molar-refractivity contribution >= 4 is 21.7 Å². The average Bonchev–Trinajstić information content (AvgIpc) is 3.26. The summed E-state index contributed by atoms with van der Waals surface area (Å²) >= 11 is 3.66. The molecule has 0 aliphatic heterocycles. The number of halogens is 1. The summed E-state index contributed by atoms with van der Waals surface area (Å²) in [7, 11) is 0. The number of benzene rings is 1. The maximum atomic E-state index is 4.79. The summed E-state index contributed by atoms with van der Waals surface area (Å²) in [6.45, 7) is 5.03. The van der Waals surface area contributed by atoms with E-state index in [9.17, 15) is 0 Å². The molecule has 1 N–H and O–H groups in total. The Balaban J connectivity index is 2.10. The lowest BCUT2D eigenvalue weighted by Crippen LogP contribution is -2.05. The van der Waals surface area contributed by atoms with E-state index in [4.69, 9.17) is 4.98 Å². The Morgan fingerprint density at radius 3 is 2.75 bits per heavy atom. The Bertz CT molecular complexity index is 636. The number of hydrogen-bond acceptors (Lipinski definition) is 3. The molecular formula is C16H18BrN3. The smallest absolute Gasteiger partial charge is 0.161 e. The van der Waals surface area contributed by atoms with Gasteiger partial charge in [0.15, 0.2) is 5.82 Å². The normalized spacial score (nSPS) is 14.3. The van der Waals surface area contributed by atoms with Crippen LogP contribution in [0.4, 0.5) is 5.82 Å². The molecular weight excluding hydrogens is 314 g/mol. The lowest BCUT2D eigenvalue weighted by molar-refractivity contribution is 0.973. The molecule has 1 aliphatic rings. The number of nitrogens with zero attached hydrogens (tertiary/aromatic N) is 2. The molecule has 3 nitrogen and oxygen atoms in total. The maximum absolute atomic E-state index is 4.79. The van der Waals surface area contributed by atoms with Crippen molar-refractivity contribution in [2.24, 2.45) is 0 Å². The first-order valence-corrected chi connectivity index (χ1v) is 7.86. The maximum Gasteiger partial charge on any atom is 0.161 e. The Labute approximate surface area is 128 Å². The molecule has 1 fully saturated rings. The van der Waals surface area contributed by atoms with Gasteiger partial charge in [-0.3, -0.25) is 0 Å². The second kappa shape index (κ2) is 5.52. The van der Waals surface area contributed by atoms with Crippen molar-refractivity contribution in [3.05, 3.63) is 40.0 Å². The van der Waals surface area contributed by atoms with E-state index in [0.29, 0.717) is 5.92 Å². The molecule has 20 heavy (non-hydrogen) atoms. The van der Waals surface area contributed by atoms with Crippen LogP contribution >= 0.6 is 15.9 Å². The standard InChI is InChI=1S/C16H18BrN3/c1-3-18-16-13(17)14(11-7-8-11)19-15(20-16)12-6-4-5-10(2)9-12/h4-6,9,11H,3,7-8H2,1-2H3,(H,18,19,20). The number of anilines is 1. The van der Waals surface area contributed by atoms with Crippen LogP contribution in [0.1, 0.15) is 36.9 Å². The molecule has 1 aromatic carbocycles. The van der Waals surface area contributed by atoms with Gasteiger partial charge in [0.1, 0.15) is 5.82 Å². The van der Waals surface area contributed by atoms with E-state index in [1.165, 1.54) is 18.4 Å². The Morgan fingerprint density at radius 1 is 1.30 bits per heavy atom. The van der Waals surface area contributed by atoms with Crippen molar-refractivity contribution in [1.82, 2.24) is 9.97 Å². The van der Waals surface area contributed by atoms with E-state index in [1.807, 2.05) is 0 Å². The predicted molar refractivity (Wildman–Crippen MR) is 86.0 cm³/mol. The van der Waals surface area contributed by atoms with Gasteiger partial charge >= 0.3 is 0 Å². The third-order valence-corrected chi connectivity index (χ3v) is 4.24. The monoisotopic (exact) mass is 331 g/mol. The van der Waals surface area contributed by atoms with Gasteiger partial charge in [0.2, 0.25) is 0 Å². The molecule has 0 spiro atoms. The third-order valence-electron chi connectivity index (χ3n) is 3.46. The van der Waals surface area contributed by atoms with Gasteiger partial charge in [-0.1, -0.05) is 23.8 Å². The van der Waals surface area contributed by atoms with E-state index >= 15 is 0 Å². The second-order valence-electron chi connectivity index (χ2n) is 5.27. The molecule has 1 heterocycles. The highest BCUT2D eigenvalue weighted by atomic mass is 79.9. The van der Waals surface area contributed by atoms with Crippen molar-refractivity contribution < 1.29 is 0 Å². The zero-order chi connectivity index (χ0) is 14.1. The van der Waals surface area contributed by atoms with E-state index < -0.39 is 0 Å². The molecule has 0 bridgehead atoms. The summed E-state index contributed by atoms with van der Waals surface area (Å²) < 4.78 is 1.03. The highest BCUT2D eigenvalue weighted by Gasteiger charge is 2.29. The molecule has 1 aromatic heterocycles. The van der Waals surface area contributed by atoms with E-state index in [2.05, 4.69) is 64.3 Å². The highest BCUT2D eigenvalue weighted by Crippen LogP contribution is 2.44. The number of aromatic nitrogens is 2. The van der Waals surface area contributed by atoms with Crippen LogP contribution < -0.4 is 5.32 Å².